The Hall–Kier alpha value is -9.78. The fourth-order valence-electron chi connectivity index (χ4n) is 15.4. The van der Waals surface area contributed by atoms with Gasteiger partial charge in [0.25, 0.3) is 0 Å². The molecule has 1 unspecified atom stereocenters. The normalized spacial score (nSPS) is 10.4. The smallest absolute Gasteiger partial charge is 0.0297 e. The molecule has 0 saturated heterocycles. The summed E-state index contributed by atoms with van der Waals surface area (Å²) in [5, 5.41) is 0. The molecule has 0 aromatic heterocycles. The Bertz CT molecular complexity index is 5890. The average Bonchev–Trinajstić information content (AvgIpc) is 0.747. The summed E-state index contributed by atoms with van der Waals surface area (Å²) in [6.45, 7) is 73.7. The minimum absolute atomic E-state index is 0. The first kappa shape index (κ1) is 119. The van der Waals surface area contributed by atoms with E-state index in [-0.39, 0.29) is 29.7 Å². The van der Waals surface area contributed by atoms with Crippen LogP contribution in [0.5, 0.6) is 0 Å². The van der Waals surface area contributed by atoms with Crippen molar-refractivity contribution in [3.8, 4) is 44.5 Å². The summed E-state index contributed by atoms with van der Waals surface area (Å²) in [5.41, 5.74) is 60.6. The molecule has 15 aromatic carbocycles. The second-order valence-electron chi connectivity index (χ2n) is 37.3. The van der Waals surface area contributed by atoms with Crippen LogP contribution in [0.3, 0.4) is 0 Å². The van der Waals surface area contributed by atoms with Gasteiger partial charge in [0.2, 0.25) is 0 Å². The van der Waals surface area contributed by atoms with Crippen LogP contribution in [-0.4, -0.2) is 0 Å². The van der Waals surface area contributed by atoms with E-state index in [0.29, 0.717) is 5.92 Å². The maximum atomic E-state index is 3.82. The van der Waals surface area contributed by atoms with Crippen molar-refractivity contribution in [2.24, 2.45) is 0 Å². The van der Waals surface area contributed by atoms with Gasteiger partial charge >= 0.3 is 0 Å². The van der Waals surface area contributed by atoms with Crippen LogP contribution >= 0.6 is 63.7 Å². The Morgan fingerprint density at radius 2 is 0.400 bits per heavy atom. The lowest BCUT2D eigenvalue weighted by atomic mass is 9.88. The zero-order valence-electron chi connectivity index (χ0n) is 85.7. The van der Waals surface area contributed by atoms with Crippen molar-refractivity contribution in [2.45, 2.75) is 284 Å². The lowest BCUT2D eigenvalue weighted by Gasteiger charge is -2.22. The predicted molar refractivity (Wildman–Crippen MR) is 622 cm³/mol. The van der Waals surface area contributed by atoms with Crippen LogP contribution in [0.15, 0.2) is 267 Å². The van der Waals surface area contributed by atoms with Gasteiger partial charge in [0.1, 0.15) is 0 Å². The molecule has 0 aliphatic heterocycles. The number of rotatable bonds is 9. The molecule has 15 rings (SSSR count). The van der Waals surface area contributed by atoms with E-state index in [0.717, 1.165) is 30.7 Å². The first-order chi connectivity index (χ1) is 61.6. The van der Waals surface area contributed by atoms with Crippen LogP contribution in [0.25, 0.3) is 44.5 Å². The van der Waals surface area contributed by atoms with Crippen molar-refractivity contribution in [3.63, 3.8) is 0 Å². The largest absolute Gasteiger partial charge is 0.0776 e. The van der Waals surface area contributed by atoms with Crippen LogP contribution in [0.1, 0.15) is 248 Å². The summed E-state index contributed by atoms with van der Waals surface area (Å²) in [5.74, 6) is 0.560. The summed E-state index contributed by atoms with van der Waals surface area (Å²) < 4.78 is 4.58. The second-order valence-corrected chi connectivity index (χ2v) is 40.5. The molecule has 15 aromatic rings. The van der Waals surface area contributed by atoms with E-state index in [9.17, 15) is 0 Å². The van der Waals surface area contributed by atoms with Gasteiger partial charge in [-0.2, -0.15) is 0 Å². The Balaban J connectivity index is 0.000000396. The molecule has 4 heteroatoms. The van der Waals surface area contributed by atoms with E-state index in [1.807, 2.05) is 0 Å². The molecule has 716 valence electrons. The minimum Gasteiger partial charge on any atom is -0.0776 e. The van der Waals surface area contributed by atoms with Crippen molar-refractivity contribution in [2.75, 3.05) is 0 Å². The third-order valence-corrected chi connectivity index (χ3v) is 30.4. The molecule has 0 amide bonds. The van der Waals surface area contributed by atoms with Crippen LogP contribution in [0.2, 0.25) is 0 Å². The quantitative estimate of drug-likeness (QED) is 0.135. The molecular weight excluding hydrogens is 1890 g/mol. The van der Waals surface area contributed by atoms with Crippen molar-refractivity contribution in [1.82, 2.24) is 0 Å². The van der Waals surface area contributed by atoms with E-state index in [1.165, 1.54) is 250 Å². The Morgan fingerprint density at radius 1 is 0.178 bits per heavy atom. The fraction of sp³-hybridized carbons (Fsp3) is 0.313. The van der Waals surface area contributed by atoms with Gasteiger partial charge in [-0.05, 0) is 500 Å². The van der Waals surface area contributed by atoms with Crippen LogP contribution in [0.4, 0.5) is 0 Å². The third-order valence-electron chi connectivity index (χ3n) is 26.4. The van der Waals surface area contributed by atoms with Gasteiger partial charge in [-0.15, -0.1) is 0 Å². The van der Waals surface area contributed by atoms with Crippen molar-refractivity contribution in [3.05, 3.63) is 472 Å². The molecule has 0 bridgehead atoms. The monoisotopic (exact) mass is 2050 g/mol. The highest BCUT2D eigenvalue weighted by molar-refractivity contribution is 9.11. The van der Waals surface area contributed by atoms with Crippen LogP contribution < -0.4 is 0 Å². The standard InChI is InChI=1S/C21H28.C18H18Br4.C18H22.C16H18.C15H16.C14H14.C9H12.2C8H10.4CH4/c1-13-8-20(9-14(2)18(13)6)10-17(5)21-11-15(3)19(7)16(4)12-21;1-7-9(3)15(19)13(16(20)10(7)4)14-17(21)11(5)8(2)12(6)18(14)22;1-11-7-17(8-12(2)15(11)5)18-9-13(3)16(6)14(4)10-18;1-11-5-7-15(9-13(11)3)16-8-6-12(2)14(4)10-16;1-12-3-7-14(8-4-12)11-15-9-5-13(2)6-10-15;1-11-3-7-13(8-4-11)14-9-5-12(2)6-10-14;1-7-4-5-8(2)9(3)6-7;1-7-3-5-8(2)6-4-7;1-7-4-3-5-8(2)6-7;;;;/h8-9,11-12,17H,10H2,1-7H3;1-6H3;7-10H,1-6H3;5-10H,1-4H3;3-10H,11H2,1-2H3;3-10H,1-2H3;4-6H,1-3H3;2*3-6H,1-2H3;4*1H4. The molecule has 135 heavy (non-hydrogen) atoms. The number of halogens is 4. The molecule has 0 heterocycles. The van der Waals surface area contributed by atoms with E-state index in [2.05, 4.69) is 548 Å². The summed E-state index contributed by atoms with van der Waals surface area (Å²) in [6.07, 6.45) is 2.14. The number of benzene rings is 15. The van der Waals surface area contributed by atoms with Crippen LogP contribution in [-0.2, 0) is 12.8 Å². The number of aryl methyl sites for hydroxylation is 23. The number of hydrogen-bond acceptors (Lipinski definition) is 0. The van der Waals surface area contributed by atoms with Gasteiger partial charge in [0.05, 0.1) is 0 Å². The Kier molecular flexibility index (Phi) is 49.7. The molecule has 0 aliphatic carbocycles. The van der Waals surface area contributed by atoms with E-state index in [4.69, 9.17) is 0 Å². The Labute approximate surface area is 857 Å². The first-order valence-corrected chi connectivity index (χ1v) is 49.5. The SMILES string of the molecule is C.C.C.C.Cc1c(C)c(Br)c(-c2c(Br)c(C)c(C)c(C)c2Br)c(Br)c1C.Cc1cc(-c2cc(C)c(C)c(C)c2)cc(C)c1C.Cc1cc(CC(C)c2cc(C)c(C)c(C)c2)cc(C)c1C.Cc1ccc(-c2ccc(C)c(C)c2)cc1C.Cc1ccc(-c2ccc(C)cc2)cc1.Cc1ccc(C)c(C)c1.Cc1ccc(C)cc1.Cc1ccc(Cc2ccc(C)cc2)cc1.Cc1cccc(C)c1. The summed E-state index contributed by atoms with van der Waals surface area (Å²) >= 11 is 15.3. The molecular formula is C131H164Br4. The van der Waals surface area contributed by atoms with Gasteiger partial charge in [-0.25, -0.2) is 0 Å². The Morgan fingerprint density at radius 3 is 0.659 bits per heavy atom. The van der Waals surface area contributed by atoms with Gasteiger partial charge in [0, 0.05) is 29.0 Å². The summed E-state index contributed by atoms with van der Waals surface area (Å²) in [4.78, 5) is 0. The van der Waals surface area contributed by atoms with Gasteiger partial charge < -0.3 is 0 Å². The maximum absolute atomic E-state index is 3.82. The van der Waals surface area contributed by atoms with E-state index in [1.54, 1.807) is 0 Å². The molecule has 1 atom stereocenters. The van der Waals surface area contributed by atoms with Crippen molar-refractivity contribution in [1.29, 1.82) is 0 Å². The first-order valence-electron chi connectivity index (χ1n) is 46.4. The number of hydrogen-bond donors (Lipinski definition) is 0. The average molecular weight is 2060 g/mol. The summed E-state index contributed by atoms with van der Waals surface area (Å²) in [6, 6.07) is 90.1. The third kappa shape index (κ3) is 35.3. The molecule has 0 spiro atoms. The zero-order chi connectivity index (χ0) is 97.3. The highest BCUT2D eigenvalue weighted by atomic mass is 79.9. The topological polar surface area (TPSA) is 0 Å². The predicted octanol–water partition coefficient (Wildman–Crippen LogP) is 41.6. The van der Waals surface area contributed by atoms with Gasteiger partial charge in [-0.3, -0.25) is 0 Å². The second kappa shape index (κ2) is 56.2. The summed E-state index contributed by atoms with van der Waals surface area (Å²) in [7, 11) is 0. The van der Waals surface area contributed by atoms with Crippen LogP contribution in [0, 0.1) is 228 Å². The molecule has 0 nitrogen and oxygen atoms in total. The lowest BCUT2D eigenvalue weighted by Crippen LogP contribution is -2.02. The fourth-order valence-corrected chi connectivity index (χ4v) is 18.7. The van der Waals surface area contributed by atoms with Crippen molar-refractivity contribution < 1.29 is 0 Å². The van der Waals surface area contributed by atoms with E-state index >= 15 is 0 Å². The van der Waals surface area contributed by atoms with Gasteiger partial charge in [0.15, 0.2) is 0 Å². The van der Waals surface area contributed by atoms with Crippen molar-refractivity contribution >= 4 is 63.7 Å². The molecule has 0 fully saturated rings. The molecule has 0 radical (unpaired) electrons. The highest BCUT2D eigenvalue weighted by Crippen LogP contribution is 2.49. The van der Waals surface area contributed by atoms with E-state index < -0.39 is 0 Å². The minimum atomic E-state index is 0. The maximum Gasteiger partial charge on any atom is 0.0297 e. The lowest BCUT2D eigenvalue weighted by molar-refractivity contribution is 0.755. The highest BCUT2D eigenvalue weighted by Gasteiger charge is 2.24. The molecule has 0 aliphatic rings. The molecule has 0 N–H and O–H groups in total. The van der Waals surface area contributed by atoms with Gasteiger partial charge in [-0.1, -0.05) is 335 Å². The zero-order valence-corrected chi connectivity index (χ0v) is 92.0. The molecule has 0 saturated carbocycles.